The fraction of sp³-hybridized carbons (Fsp3) is 0.457. The number of methoxy groups -OCH3 is 6. The summed E-state index contributed by atoms with van der Waals surface area (Å²) in [7, 11) is 6.55. The van der Waals surface area contributed by atoms with Crippen LogP contribution in [0.25, 0.3) is 0 Å². The van der Waals surface area contributed by atoms with Crippen LogP contribution < -0.4 is 28.4 Å². The molecule has 8 nitrogen and oxygen atoms in total. The maximum absolute atomic E-state index is 15.1. The monoisotopic (exact) mass is 622 g/mol. The maximum Gasteiger partial charge on any atom is 0.323 e. The van der Waals surface area contributed by atoms with Crippen LogP contribution in [-0.4, -0.2) is 48.6 Å². The molecule has 0 heterocycles. The highest BCUT2D eigenvalue weighted by atomic mass is 32.3. The number of carbonyl (C=O) groups is 1. The molecule has 7 rings (SSSR count). The molecule has 236 valence electrons. The van der Waals surface area contributed by atoms with E-state index >= 15 is 4.79 Å². The van der Waals surface area contributed by atoms with Crippen molar-refractivity contribution in [3.05, 3.63) is 54.6 Å². The summed E-state index contributed by atoms with van der Waals surface area (Å²) >= 11 is 0. The van der Waals surface area contributed by atoms with Crippen molar-refractivity contribution >= 4 is 16.3 Å². The van der Waals surface area contributed by atoms with Gasteiger partial charge in [-0.25, -0.2) is 0 Å². The quantitative estimate of drug-likeness (QED) is 0.215. The summed E-state index contributed by atoms with van der Waals surface area (Å²) in [6, 6.07) is 17.0. The molecular weight excluding hydrogens is 580 g/mol. The lowest BCUT2D eigenvalue weighted by molar-refractivity contribution is -0.160. The third-order valence-electron chi connectivity index (χ3n) is 9.66. The number of rotatable bonds is 11. The van der Waals surface area contributed by atoms with E-state index in [2.05, 4.69) is 0 Å². The lowest BCUT2D eigenvalue weighted by Crippen LogP contribution is -2.50. The van der Waals surface area contributed by atoms with Crippen molar-refractivity contribution in [2.24, 2.45) is 23.2 Å². The number of benzene rings is 3. The first-order chi connectivity index (χ1) is 21.3. The molecule has 3 aromatic rings. The van der Waals surface area contributed by atoms with Crippen LogP contribution in [0.4, 0.5) is 0 Å². The molecule has 0 aliphatic heterocycles. The average Bonchev–Trinajstić information content (AvgIpc) is 3.05. The predicted octanol–water partition coefficient (Wildman–Crippen LogP) is 7.69. The molecule has 9 heteroatoms. The molecule has 0 N–H and O–H groups in total. The molecule has 3 aromatic carbocycles. The Kier molecular flexibility index (Phi) is 8.26. The summed E-state index contributed by atoms with van der Waals surface area (Å²) < 4.78 is 42.7. The van der Waals surface area contributed by atoms with Crippen molar-refractivity contribution < 1.29 is 37.4 Å². The van der Waals surface area contributed by atoms with Gasteiger partial charge in [0.05, 0.1) is 48.1 Å². The van der Waals surface area contributed by atoms with E-state index in [4.69, 9.17) is 32.6 Å². The zero-order valence-corrected chi connectivity index (χ0v) is 27.2. The van der Waals surface area contributed by atoms with Gasteiger partial charge < -0.3 is 32.6 Å². The van der Waals surface area contributed by atoms with E-state index in [0.29, 0.717) is 62.0 Å². The molecule has 0 saturated heterocycles. The number of hydrogen-bond acceptors (Lipinski definition) is 8. The Labute approximate surface area is 261 Å². The molecule has 0 radical (unpaired) electrons. The molecule has 0 amide bonds. The van der Waals surface area contributed by atoms with Crippen molar-refractivity contribution in [2.45, 2.75) is 53.2 Å². The van der Waals surface area contributed by atoms with E-state index < -0.39 is 15.7 Å². The van der Waals surface area contributed by atoms with Crippen LogP contribution in [0.1, 0.15) is 38.5 Å². The molecule has 4 aliphatic carbocycles. The lowest BCUT2D eigenvalue weighted by atomic mass is 9.49. The molecule has 0 atom stereocenters. The third-order valence-corrected chi connectivity index (χ3v) is 13.0. The highest BCUT2D eigenvalue weighted by Crippen LogP contribution is 2.78. The Morgan fingerprint density at radius 1 is 0.614 bits per heavy atom. The van der Waals surface area contributed by atoms with Gasteiger partial charge in [-0.15, -0.1) is 0 Å². The summed E-state index contributed by atoms with van der Waals surface area (Å²) in [5.41, 5.74) is -0.540. The molecule has 4 saturated carbocycles. The summed E-state index contributed by atoms with van der Waals surface area (Å²) in [4.78, 5) is 17.0. The van der Waals surface area contributed by atoms with Gasteiger partial charge in [-0.3, -0.25) is 4.79 Å². The van der Waals surface area contributed by atoms with Crippen LogP contribution in [0.2, 0.25) is 0 Å². The smallest absolute Gasteiger partial charge is 0.323 e. The predicted molar refractivity (Wildman–Crippen MR) is 168 cm³/mol. The fourth-order valence-corrected chi connectivity index (χ4v) is 11.7. The van der Waals surface area contributed by atoms with E-state index in [1.807, 2.05) is 30.3 Å². The molecular formula is C35H42O8S. The third kappa shape index (κ3) is 4.89. The van der Waals surface area contributed by atoms with Gasteiger partial charge in [0.1, 0.15) is 44.3 Å². The minimum Gasteiger partial charge on any atom is -0.496 e. The fourth-order valence-electron chi connectivity index (χ4n) is 8.16. The minimum absolute atomic E-state index is 0.185. The lowest BCUT2D eigenvalue weighted by Gasteiger charge is -2.56. The molecule has 4 bridgehead atoms. The summed E-state index contributed by atoms with van der Waals surface area (Å²) in [6.45, 7) is 0. The molecule has 44 heavy (non-hydrogen) atoms. The van der Waals surface area contributed by atoms with E-state index in [0.717, 1.165) is 24.2 Å². The number of ether oxygens (including phenoxy) is 6. The molecule has 0 spiro atoms. The molecule has 4 aliphatic rings. The van der Waals surface area contributed by atoms with Gasteiger partial charge in [-0.2, -0.15) is 0 Å². The SMILES string of the molecule is COc1cc(OC)c(S(OC(=O)C23CC4CC(CC(C4)C2)C3)(c2ccccc2)c2c(OC)cc(OC)cc2OC)c(OC)c1. The van der Waals surface area contributed by atoms with Gasteiger partial charge in [0, 0.05) is 39.5 Å². The van der Waals surface area contributed by atoms with Crippen LogP contribution in [0.3, 0.4) is 0 Å². The van der Waals surface area contributed by atoms with Gasteiger partial charge in [0.15, 0.2) is 0 Å². The number of carbonyl (C=O) groups excluding carboxylic acids is 1. The van der Waals surface area contributed by atoms with Crippen LogP contribution in [0, 0.1) is 23.2 Å². The van der Waals surface area contributed by atoms with Crippen molar-refractivity contribution in [3.63, 3.8) is 0 Å². The zero-order valence-electron chi connectivity index (χ0n) is 26.3. The zero-order chi connectivity index (χ0) is 31.1. The van der Waals surface area contributed by atoms with E-state index in [1.54, 1.807) is 66.9 Å². The molecule has 0 aromatic heterocycles. The van der Waals surface area contributed by atoms with Crippen LogP contribution >= 0.6 is 10.3 Å². The summed E-state index contributed by atoms with van der Waals surface area (Å²) in [5.74, 6) is 4.42. The van der Waals surface area contributed by atoms with Gasteiger partial charge in [-0.1, -0.05) is 18.2 Å². The Bertz CT molecular complexity index is 1370. The van der Waals surface area contributed by atoms with Gasteiger partial charge in [0.25, 0.3) is 0 Å². The Balaban J connectivity index is 1.70. The minimum atomic E-state index is -3.01. The number of hydrogen-bond donors (Lipinski definition) is 0. The standard InChI is InChI=1S/C35H42O8S/c1-37-25-15-28(39-3)32(29(16-25)40-4)44(27-10-8-7-9-11-27,33-30(41-5)17-26(38-2)18-31(33)42-6)43-34(36)35-19-22-12-23(20-35)14-24(13-22)21-35/h7-11,15-18,22-24H,12-14,19-21H2,1-6H3. The van der Waals surface area contributed by atoms with E-state index in [-0.39, 0.29) is 5.97 Å². The Morgan fingerprint density at radius 2 is 1.00 bits per heavy atom. The highest BCUT2D eigenvalue weighted by Gasteiger charge is 2.58. The maximum atomic E-state index is 15.1. The second kappa shape index (κ2) is 12.0. The summed E-state index contributed by atoms with van der Waals surface area (Å²) in [6.07, 6.45) is 6.21. The largest absolute Gasteiger partial charge is 0.496 e. The van der Waals surface area contributed by atoms with Crippen LogP contribution in [0.5, 0.6) is 34.5 Å². The normalized spacial score (nSPS) is 23.9. The first-order valence-electron chi connectivity index (χ1n) is 15.1. The topological polar surface area (TPSA) is 81.7 Å². The van der Waals surface area contributed by atoms with Gasteiger partial charge in [0.2, 0.25) is 0 Å². The summed E-state index contributed by atoms with van der Waals surface area (Å²) in [5, 5.41) is 0. The van der Waals surface area contributed by atoms with Crippen molar-refractivity contribution in [3.8, 4) is 34.5 Å². The Hall–Kier alpha value is -3.72. The second-order valence-corrected chi connectivity index (χ2v) is 14.7. The van der Waals surface area contributed by atoms with Crippen molar-refractivity contribution in [1.82, 2.24) is 0 Å². The van der Waals surface area contributed by atoms with Crippen molar-refractivity contribution in [2.75, 3.05) is 42.7 Å². The van der Waals surface area contributed by atoms with Gasteiger partial charge in [-0.05, 0) is 68.4 Å². The van der Waals surface area contributed by atoms with Gasteiger partial charge >= 0.3 is 5.97 Å². The molecule has 4 fully saturated rings. The first kappa shape index (κ1) is 30.3. The van der Waals surface area contributed by atoms with E-state index in [9.17, 15) is 0 Å². The second-order valence-electron chi connectivity index (χ2n) is 12.2. The Morgan fingerprint density at radius 3 is 1.34 bits per heavy atom. The molecule has 0 unspecified atom stereocenters. The average molecular weight is 623 g/mol. The van der Waals surface area contributed by atoms with Crippen molar-refractivity contribution in [1.29, 1.82) is 0 Å². The first-order valence-corrected chi connectivity index (χ1v) is 16.6. The van der Waals surface area contributed by atoms with Crippen LogP contribution in [0.15, 0.2) is 69.3 Å². The van der Waals surface area contributed by atoms with Crippen LogP contribution in [-0.2, 0) is 8.98 Å². The highest BCUT2D eigenvalue weighted by molar-refractivity contribution is 8.30. The van der Waals surface area contributed by atoms with E-state index in [1.165, 1.54) is 19.3 Å².